The maximum atomic E-state index is 11.8. The van der Waals surface area contributed by atoms with E-state index in [9.17, 15) is 38.6 Å². The van der Waals surface area contributed by atoms with Gasteiger partial charge in [-0.05, 0) is 26.4 Å². The van der Waals surface area contributed by atoms with Crippen molar-refractivity contribution in [2.24, 2.45) is 0 Å². The number of anilines is 1. The van der Waals surface area contributed by atoms with Crippen molar-refractivity contribution in [3.05, 3.63) is 12.7 Å². The van der Waals surface area contributed by atoms with E-state index in [0.717, 1.165) is 32.2 Å². The Morgan fingerprint density at radius 3 is 2.36 bits per heavy atom. The predicted octanol–water partition coefficient (Wildman–Crippen LogP) is -1.92. The molecule has 1 saturated heterocycles. The third-order valence-electron chi connectivity index (χ3n) is 5.42. The maximum Gasteiger partial charge on any atom is 0.280 e. The Morgan fingerprint density at radius 1 is 1.00 bits per heavy atom. The highest BCUT2D eigenvalue weighted by molar-refractivity contribution is 7.65. The molecule has 0 amide bonds. The number of phosphoric acid groups is 3. The number of fused-ring (bicyclic) bond motifs is 1. The summed E-state index contributed by atoms with van der Waals surface area (Å²) in [6.07, 6.45) is 0.413. The number of ether oxygens (including phenoxy) is 1. The Hall–Kier alpha value is -1.40. The molecule has 0 bridgehead atoms. The van der Waals surface area contributed by atoms with E-state index in [1.807, 2.05) is 7.05 Å². The highest BCUT2D eigenvalue weighted by Crippen LogP contribution is 2.61. The minimum Gasteiger partial charge on any atom is -0.756 e. The standard InChI is InChI=1S/C17H31N6O13P3/c1-18-6-4-2-3-5-7-19-15-12-16(21-9-20-15)23(10-22-12)17-14(25)13(24)11(34-17)8-33-38(29,30)36-39(31,32)35-37(26,27)28/h9-11,13-14,17-18,24-25H,2-8H2,1H3,(H,29,30)(H,31,32)(H,19,20,21)(H2,26,27,28)/p-3/t11-,13+,14?,17-/m1/s1. The fourth-order valence-electron chi connectivity index (χ4n) is 3.70. The number of nitrogens with zero attached hydrogens (tertiary/aromatic N) is 4. The minimum absolute atomic E-state index is 0.229. The fourth-order valence-corrected chi connectivity index (χ4v) is 6.60. The van der Waals surface area contributed by atoms with E-state index < -0.39 is 54.6 Å². The first-order chi connectivity index (χ1) is 18.2. The van der Waals surface area contributed by atoms with Crippen LogP contribution in [0.4, 0.5) is 5.82 Å². The third kappa shape index (κ3) is 9.31. The van der Waals surface area contributed by atoms with Gasteiger partial charge in [-0.1, -0.05) is 12.8 Å². The van der Waals surface area contributed by atoms with Crippen LogP contribution >= 0.6 is 23.5 Å². The van der Waals surface area contributed by atoms with E-state index in [1.54, 1.807) is 0 Å². The zero-order valence-electron chi connectivity index (χ0n) is 20.5. The lowest BCUT2D eigenvalue weighted by atomic mass is 10.1. The Kier molecular flexibility index (Phi) is 11.1. The van der Waals surface area contributed by atoms with Gasteiger partial charge in [-0.25, -0.2) is 23.6 Å². The lowest BCUT2D eigenvalue weighted by Crippen LogP contribution is -2.34. The summed E-state index contributed by atoms with van der Waals surface area (Å²) in [4.78, 5) is 54.6. The smallest absolute Gasteiger partial charge is 0.280 e. The molecule has 1 aliphatic heterocycles. The number of hydrogen-bond acceptors (Lipinski definition) is 17. The molecular formula is C17H28N6O13P3-3. The summed E-state index contributed by atoms with van der Waals surface area (Å²) in [6, 6.07) is 0. The SMILES string of the molecule is CNCCCCCCNc1ncnc2c1ncn2[C@@H]1O[C@H](COP(=O)([O-])OP(=O)([O-])OP(=O)([O-])O)[C@H](O)C1O. The number of rotatable bonds is 16. The van der Waals surface area contributed by atoms with Crippen molar-refractivity contribution in [3.63, 3.8) is 0 Å². The molecule has 7 atom stereocenters. The quantitative estimate of drug-likeness (QED) is 0.101. The van der Waals surface area contributed by atoms with E-state index >= 15 is 0 Å². The van der Waals surface area contributed by atoms with Gasteiger partial charge in [-0.3, -0.25) is 18.3 Å². The zero-order valence-corrected chi connectivity index (χ0v) is 23.2. The molecule has 3 rings (SSSR count). The van der Waals surface area contributed by atoms with Crippen LogP contribution in [-0.4, -0.2) is 79.7 Å². The molecule has 0 aromatic carbocycles. The second-order valence-corrected chi connectivity index (χ2v) is 12.6. The van der Waals surface area contributed by atoms with Crippen molar-refractivity contribution in [2.75, 3.05) is 32.1 Å². The number of aliphatic hydroxyl groups excluding tert-OH is 2. The third-order valence-corrected chi connectivity index (χ3v) is 9.11. The van der Waals surface area contributed by atoms with Gasteiger partial charge < -0.3 is 49.7 Å². The second-order valence-electron chi connectivity index (χ2n) is 8.36. The lowest BCUT2D eigenvalue weighted by Gasteiger charge is -2.33. The molecule has 1 aliphatic rings. The lowest BCUT2D eigenvalue weighted by molar-refractivity contribution is -0.250. The average Bonchev–Trinajstić information content (AvgIpc) is 3.36. The molecule has 39 heavy (non-hydrogen) atoms. The summed E-state index contributed by atoms with van der Waals surface area (Å²) < 4.78 is 51.5. The molecule has 2 aromatic rings. The van der Waals surface area contributed by atoms with Gasteiger partial charge in [-0.15, -0.1) is 0 Å². The number of aromatic nitrogens is 4. The van der Waals surface area contributed by atoms with Gasteiger partial charge in [0, 0.05) is 6.54 Å². The van der Waals surface area contributed by atoms with Crippen molar-refractivity contribution in [1.29, 1.82) is 0 Å². The molecule has 22 heteroatoms. The molecule has 0 saturated carbocycles. The summed E-state index contributed by atoms with van der Waals surface area (Å²) in [7, 11) is -15.9. The van der Waals surface area contributed by atoms with Crippen LogP contribution < -0.4 is 25.3 Å². The van der Waals surface area contributed by atoms with Crippen LogP contribution in [0.25, 0.3) is 11.2 Å². The Labute approximate surface area is 222 Å². The monoisotopic (exact) mass is 617 g/mol. The summed E-state index contributed by atoms with van der Waals surface area (Å²) in [5.41, 5.74) is 0.577. The van der Waals surface area contributed by atoms with Gasteiger partial charge >= 0.3 is 0 Å². The van der Waals surface area contributed by atoms with E-state index in [1.165, 1.54) is 17.2 Å². The van der Waals surface area contributed by atoms with E-state index in [2.05, 4.69) is 38.7 Å². The van der Waals surface area contributed by atoms with Crippen molar-refractivity contribution >= 4 is 40.4 Å². The van der Waals surface area contributed by atoms with Crippen molar-refractivity contribution in [1.82, 2.24) is 24.8 Å². The molecule has 0 spiro atoms. The molecule has 4 unspecified atom stereocenters. The van der Waals surface area contributed by atoms with Gasteiger partial charge in [0.2, 0.25) is 0 Å². The molecule has 19 nitrogen and oxygen atoms in total. The fraction of sp³-hybridized carbons (Fsp3) is 0.706. The number of nitrogens with one attached hydrogen (secondary N) is 2. The Bertz CT molecular complexity index is 1240. The summed E-state index contributed by atoms with van der Waals surface area (Å²) in [6.45, 7) is 0.529. The maximum absolute atomic E-state index is 11.8. The van der Waals surface area contributed by atoms with Gasteiger partial charge in [0.15, 0.2) is 23.2 Å². The van der Waals surface area contributed by atoms with Crippen LogP contribution in [0.3, 0.4) is 0 Å². The number of imidazole rings is 1. The molecule has 0 radical (unpaired) electrons. The summed E-state index contributed by atoms with van der Waals surface area (Å²) in [5, 5.41) is 27.1. The topological polar surface area (TPSA) is 286 Å². The highest BCUT2D eigenvalue weighted by atomic mass is 31.3. The highest BCUT2D eigenvalue weighted by Gasteiger charge is 2.45. The van der Waals surface area contributed by atoms with Crippen molar-refractivity contribution in [3.8, 4) is 0 Å². The van der Waals surface area contributed by atoms with Gasteiger partial charge in [0.05, 0.1) is 12.9 Å². The molecule has 2 aromatic heterocycles. The predicted molar refractivity (Wildman–Crippen MR) is 125 cm³/mol. The first-order valence-electron chi connectivity index (χ1n) is 11.5. The van der Waals surface area contributed by atoms with Crippen LogP contribution in [0.1, 0.15) is 31.9 Å². The molecule has 5 N–H and O–H groups in total. The van der Waals surface area contributed by atoms with E-state index in [0.29, 0.717) is 17.9 Å². The second kappa shape index (κ2) is 13.5. The van der Waals surface area contributed by atoms with Crippen LogP contribution in [0.2, 0.25) is 0 Å². The number of hydrogen-bond donors (Lipinski definition) is 5. The van der Waals surface area contributed by atoms with Crippen molar-refractivity contribution < 1.29 is 61.4 Å². The van der Waals surface area contributed by atoms with Crippen LogP contribution in [0.5, 0.6) is 0 Å². The van der Waals surface area contributed by atoms with Gasteiger partial charge in [0.25, 0.3) is 23.5 Å². The Balaban J connectivity index is 1.62. The molecule has 0 aliphatic carbocycles. The molecule has 3 heterocycles. The van der Waals surface area contributed by atoms with Crippen LogP contribution in [0, 0.1) is 0 Å². The Morgan fingerprint density at radius 2 is 1.69 bits per heavy atom. The zero-order chi connectivity index (χ0) is 28.8. The summed E-state index contributed by atoms with van der Waals surface area (Å²) in [5.74, 6) is 0.432. The van der Waals surface area contributed by atoms with Crippen LogP contribution in [-0.2, 0) is 31.6 Å². The largest absolute Gasteiger partial charge is 0.756 e. The summed E-state index contributed by atoms with van der Waals surface area (Å²) >= 11 is 0. The van der Waals surface area contributed by atoms with E-state index in [-0.39, 0.29) is 5.65 Å². The van der Waals surface area contributed by atoms with Crippen molar-refractivity contribution in [2.45, 2.75) is 50.2 Å². The first-order valence-corrected chi connectivity index (χ1v) is 16.0. The number of aliphatic hydroxyl groups is 2. The van der Waals surface area contributed by atoms with Crippen LogP contribution in [0.15, 0.2) is 12.7 Å². The first kappa shape index (κ1) is 32.1. The minimum atomic E-state index is -6.09. The number of phosphoric ester groups is 1. The molecule has 1 fully saturated rings. The van der Waals surface area contributed by atoms with Gasteiger partial charge in [-0.2, -0.15) is 0 Å². The average molecular weight is 617 g/mol. The van der Waals surface area contributed by atoms with Gasteiger partial charge in [0.1, 0.15) is 24.6 Å². The number of unbranched alkanes of at least 4 members (excludes halogenated alkanes) is 3. The normalized spacial score (nSPS) is 26.2. The molecular weight excluding hydrogens is 589 g/mol. The molecule has 222 valence electrons. The van der Waals surface area contributed by atoms with E-state index in [4.69, 9.17) is 9.63 Å².